The van der Waals surface area contributed by atoms with Gasteiger partial charge in [0, 0.05) is 28.9 Å². The fraction of sp³-hybridized carbons (Fsp3) is 0.286. The molecule has 0 bridgehead atoms. The van der Waals surface area contributed by atoms with Crippen LogP contribution in [0.1, 0.15) is 23.5 Å². The number of rotatable bonds is 4. The molecule has 2 aromatic carbocycles. The number of carbonyl (C=O) groups is 1. The summed E-state index contributed by atoms with van der Waals surface area (Å²) in [4.78, 5) is 13.3. The molecule has 1 aliphatic heterocycles. The van der Waals surface area contributed by atoms with Gasteiger partial charge < -0.3 is 10.1 Å². The minimum atomic E-state index is -3.63. The zero-order valence-corrected chi connectivity index (χ0v) is 18.9. The van der Waals surface area contributed by atoms with E-state index in [4.69, 9.17) is 16.3 Å². The fourth-order valence-electron chi connectivity index (χ4n) is 3.53. The Morgan fingerprint density at radius 1 is 1.10 bits per heavy atom. The van der Waals surface area contributed by atoms with Crippen LogP contribution in [0, 0.1) is 0 Å². The van der Waals surface area contributed by atoms with Crippen LogP contribution < -0.4 is 5.32 Å². The van der Waals surface area contributed by atoms with Crippen molar-refractivity contribution in [2.75, 3.05) is 18.4 Å². The Kier molecular flexibility index (Phi) is 5.87. The zero-order chi connectivity index (χ0) is 21.5. The lowest BCUT2D eigenvalue weighted by atomic mass is 10.2. The van der Waals surface area contributed by atoms with Crippen LogP contribution in [0.15, 0.2) is 53.4 Å². The molecular weight excluding hydrogens is 444 g/mol. The van der Waals surface area contributed by atoms with E-state index in [2.05, 4.69) is 5.32 Å². The summed E-state index contributed by atoms with van der Waals surface area (Å²) in [5.41, 5.74) is 0.496. The molecule has 0 radical (unpaired) electrons. The maximum atomic E-state index is 12.9. The molecule has 30 heavy (non-hydrogen) atoms. The van der Waals surface area contributed by atoms with Crippen LogP contribution in [-0.4, -0.2) is 43.9 Å². The average molecular weight is 465 g/mol. The van der Waals surface area contributed by atoms with Gasteiger partial charge in [0.25, 0.3) is 5.91 Å². The summed E-state index contributed by atoms with van der Waals surface area (Å²) in [6, 6.07) is 13.7. The monoisotopic (exact) mass is 464 g/mol. The molecule has 0 spiro atoms. The molecule has 1 N–H and O–H groups in total. The lowest BCUT2D eigenvalue weighted by molar-refractivity contribution is -0.0440. The molecule has 0 unspecified atom stereocenters. The summed E-state index contributed by atoms with van der Waals surface area (Å²) >= 11 is 7.69. The minimum Gasteiger partial charge on any atom is -0.373 e. The van der Waals surface area contributed by atoms with Gasteiger partial charge in [-0.3, -0.25) is 4.79 Å². The number of nitrogens with zero attached hydrogens (tertiary/aromatic N) is 1. The van der Waals surface area contributed by atoms with Crippen LogP contribution in [0.3, 0.4) is 0 Å². The number of morpholine rings is 1. The average Bonchev–Trinajstić information content (AvgIpc) is 3.05. The van der Waals surface area contributed by atoms with Gasteiger partial charge in [0.05, 0.1) is 22.1 Å². The third kappa shape index (κ3) is 4.10. The molecule has 1 aliphatic rings. The van der Waals surface area contributed by atoms with Crippen molar-refractivity contribution in [3.05, 3.63) is 58.4 Å². The second-order valence-electron chi connectivity index (χ2n) is 7.30. The van der Waals surface area contributed by atoms with Crippen molar-refractivity contribution in [2.24, 2.45) is 0 Å². The number of sulfonamides is 1. The summed E-state index contributed by atoms with van der Waals surface area (Å²) in [6.07, 6.45) is -0.318. The smallest absolute Gasteiger partial charge is 0.267 e. The molecule has 1 aromatic heterocycles. The van der Waals surface area contributed by atoms with Crippen LogP contribution in [0.2, 0.25) is 5.02 Å². The molecule has 1 fully saturated rings. The number of halogens is 1. The lowest BCUT2D eigenvalue weighted by Gasteiger charge is -2.34. The zero-order valence-electron chi connectivity index (χ0n) is 16.5. The third-order valence-electron chi connectivity index (χ3n) is 4.88. The fourth-order valence-corrected chi connectivity index (χ4v) is 6.54. The van der Waals surface area contributed by atoms with Crippen molar-refractivity contribution in [2.45, 2.75) is 31.0 Å². The van der Waals surface area contributed by atoms with Gasteiger partial charge in [-0.15, -0.1) is 11.3 Å². The summed E-state index contributed by atoms with van der Waals surface area (Å²) in [5.74, 6) is -0.326. The molecule has 0 aliphatic carbocycles. The Hall–Kier alpha value is -1.97. The van der Waals surface area contributed by atoms with Crippen LogP contribution in [0.4, 0.5) is 5.69 Å². The Morgan fingerprint density at radius 3 is 2.37 bits per heavy atom. The molecule has 0 saturated carbocycles. The maximum Gasteiger partial charge on any atom is 0.267 e. The van der Waals surface area contributed by atoms with Crippen molar-refractivity contribution in [3.63, 3.8) is 0 Å². The Balaban J connectivity index is 1.52. The van der Waals surface area contributed by atoms with Gasteiger partial charge in [-0.2, -0.15) is 4.31 Å². The molecule has 1 saturated heterocycles. The molecule has 9 heteroatoms. The summed E-state index contributed by atoms with van der Waals surface area (Å²) < 4.78 is 33.9. The van der Waals surface area contributed by atoms with Crippen molar-refractivity contribution in [3.8, 4) is 0 Å². The Bertz CT molecular complexity index is 1180. The molecule has 4 rings (SSSR count). The van der Waals surface area contributed by atoms with E-state index >= 15 is 0 Å². The predicted octanol–water partition coefficient (Wildman–Crippen LogP) is 4.60. The van der Waals surface area contributed by atoms with E-state index in [1.165, 1.54) is 27.8 Å². The highest BCUT2D eigenvalue weighted by Gasteiger charge is 2.32. The van der Waals surface area contributed by atoms with Gasteiger partial charge >= 0.3 is 0 Å². The highest BCUT2D eigenvalue weighted by Crippen LogP contribution is 2.35. The van der Waals surface area contributed by atoms with Crippen molar-refractivity contribution in [1.82, 2.24) is 4.31 Å². The molecule has 3 aromatic rings. The van der Waals surface area contributed by atoms with E-state index in [-0.39, 0.29) is 23.0 Å². The summed E-state index contributed by atoms with van der Waals surface area (Å²) in [7, 11) is -3.63. The van der Waals surface area contributed by atoms with E-state index < -0.39 is 10.0 Å². The van der Waals surface area contributed by atoms with E-state index in [1.807, 2.05) is 38.1 Å². The first kappa shape index (κ1) is 21.3. The summed E-state index contributed by atoms with van der Waals surface area (Å²) in [6.45, 7) is 4.34. The summed E-state index contributed by atoms with van der Waals surface area (Å²) in [5, 5.41) is 4.05. The van der Waals surface area contributed by atoms with Crippen molar-refractivity contribution < 1.29 is 17.9 Å². The van der Waals surface area contributed by atoms with Crippen molar-refractivity contribution in [1.29, 1.82) is 0 Å². The largest absolute Gasteiger partial charge is 0.373 e. The predicted molar refractivity (Wildman–Crippen MR) is 120 cm³/mol. The van der Waals surface area contributed by atoms with Gasteiger partial charge in [0.15, 0.2) is 0 Å². The second-order valence-corrected chi connectivity index (χ2v) is 10.7. The normalized spacial score (nSPS) is 20.4. The quantitative estimate of drug-likeness (QED) is 0.612. The Labute approximate surface area is 184 Å². The van der Waals surface area contributed by atoms with E-state index in [0.717, 1.165) is 10.1 Å². The van der Waals surface area contributed by atoms with Crippen molar-refractivity contribution >= 4 is 54.6 Å². The SMILES string of the molecule is C[C@@H]1CN(S(=O)(=O)c2ccc(NC(=O)c3sc4ccccc4c3Cl)cc2)C[C@@H](C)O1. The number of amides is 1. The second kappa shape index (κ2) is 8.28. The van der Waals surface area contributed by atoms with E-state index in [9.17, 15) is 13.2 Å². The number of nitrogens with one attached hydrogen (secondary N) is 1. The first-order valence-electron chi connectivity index (χ1n) is 9.50. The highest BCUT2D eigenvalue weighted by atomic mass is 35.5. The maximum absolute atomic E-state index is 12.9. The topological polar surface area (TPSA) is 75.7 Å². The first-order valence-corrected chi connectivity index (χ1v) is 12.1. The van der Waals surface area contributed by atoms with Crippen LogP contribution in [0.25, 0.3) is 10.1 Å². The molecule has 2 atom stereocenters. The number of hydrogen-bond donors (Lipinski definition) is 1. The van der Waals surface area contributed by atoms with Gasteiger partial charge in [-0.1, -0.05) is 29.8 Å². The Morgan fingerprint density at radius 2 is 1.73 bits per heavy atom. The van der Waals surface area contributed by atoms with Crippen LogP contribution in [-0.2, 0) is 14.8 Å². The van der Waals surface area contributed by atoms with E-state index in [1.54, 1.807) is 12.1 Å². The van der Waals surface area contributed by atoms with Gasteiger partial charge in [-0.25, -0.2) is 8.42 Å². The van der Waals surface area contributed by atoms with E-state index in [0.29, 0.717) is 28.7 Å². The number of ether oxygens (including phenoxy) is 1. The molecule has 158 valence electrons. The number of benzene rings is 2. The molecule has 2 heterocycles. The highest BCUT2D eigenvalue weighted by molar-refractivity contribution is 7.89. The first-order chi connectivity index (χ1) is 14.3. The standard InChI is InChI=1S/C21H21ClN2O4S2/c1-13-11-24(12-14(2)28-13)30(26,27)16-9-7-15(8-10-16)23-21(25)20-19(22)17-5-3-4-6-18(17)29-20/h3-10,13-14H,11-12H2,1-2H3,(H,23,25)/t13-,14-/m1/s1. The number of thiophene rings is 1. The molecule has 6 nitrogen and oxygen atoms in total. The van der Waals surface area contributed by atoms with Crippen LogP contribution in [0.5, 0.6) is 0 Å². The van der Waals surface area contributed by atoms with Gasteiger partial charge in [-0.05, 0) is 44.2 Å². The van der Waals surface area contributed by atoms with Gasteiger partial charge in [0.2, 0.25) is 10.0 Å². The number of anilines is 1. The molecule has 1 amide bonds. The van der Waals surface area contributed by atoms with Crippen LogP contribution >= 0.6 is 22.9 Å². The number of fused-ring (bicyclic) bond motifs is 1. The molecular formula is C21H21ClN2O4S2. The lowest BCUT2D eigenvalue weighted by Crippen LogP contribution is -2.48. The number of carbonyl (C=O) groups excluding carboxylic acids is 1. The number of hydrogen-bond acceptors (Lipinski definition) is 5. The third-order valence-corrected chi connectivity index (χ3v) is 8.40. The van der Waals surface area contributed by atoms with Gasteiger partial charge in [0.1, 0.15) is 4.88 Å². The minimum absolute atomic E-state index is 0.159.